The lowest BCUT2D eigenvalue weighted by atomic mass is 10.1. The van der Waals surface area contributed by atoms with Gasteiger partial charge in [0.2, 0.25) is 0 Å². The third-order valence-corrected chi connectivity index (χ3v) is 5.10. The van der Waals surface area contributed by atoms with Crippen LogP contribution >= 0.6 is 11.3 Å². The van der Waals surface area contributed by atoms with Gasteiger partial charge in [0.05, 0.1) is 11.4 Å². The van der Waals surface area contributed by atoms with Crippen LogP contribution in [0.1, 0.15) is 9.67 Å². The quantitative estimate of drug-likeness (QED) is 0.472. The van der Waals surface area contributed by atoms with Crippen LogP contribution in [0.3, 0.4) is 0 Å². The highest BCUT2D eigenvalue weighted by molar-refractivity contribution is 7.17. The van der Waals surface area contributed by atoms with Gasteiger partial charge in [0.25, 0.3) is 5.91 Å². The fourth-order valence-corrected chi connectivity index (χ4v) is 3.67. The zero-order chi connectivity index (χ0) is 18.5. The molecule has 4 rings (SSSR count). The third kappa shape index (κ3) is 3.88. The van der Waals surface area contributed by atoms with Gasteiger partial charge in [-0.05, 0) is 12.1 Å². The van der Waals surface area contributed by atoms with Crippen molar-refractivity contribution in [3.63, 3.8) is 0 Å². The highest BCUT2D eigenvalue weighted by atomic mass is 32.1. The number of amides is 1. The molecule has 0 radical (unpaired) electrons. The second-order valence-corrected chi connectivity index (χ2v) is 6.87. The van der Waals surface area contributed by atoms with Crippen LogP contribution in [-0.2, 0) is 0 Å². The first kappa shape index (κ1) is 17.0. The number of hydrogen-bond donors (Lipinski definition) is 2. The molecule has 4 aromatic rings. The van der Waals surface area contributed by atoms with Crippen LogP contribution in [0.15, 0.2) is 91.0 Å². The molecule has 0 bridgehead atoms. The Morgan fingerprint density at radius 1 is 0.741 bits per heavy atom. The van der Waals surface area contributed by atoms with Crippen LogP contribution < -0.4 is 10.9 Å². The Balaban J connectivity index is 1.67. The predicted octanol–water partition coefficient (Wildman–Crippen LogP) is 5.23. The summed E-state index contributed by atoms with van der Waals surface area (Å²) in [6, 6.07) is 29.2. The Hall–Kier alpha value is -3.44. The Morgan fingerprint density at radius 2 is 1.30 bits per heavy atom. The average molecular weight is 371 g/mol. The molecule has 0 saturated heterocycles. The van der Waals surface area contributed by atoms with Gasteiger partial charge >= 0.3 is 0 Å². The number of nitrogens with one attached hydrogen (secondary N) is 2. The summed E-state index contributed by atoms with van der Waals surface area (Å²) in [5.74, 6) is -0.211. The molecule has 0 unspecified atom stereocenters. The number of anilines is 1. The van der Waals surface area contributed by atoms with Crippen molar-refractivity contribution in [2.24, 2.45) is 0 Å². The average Bonchev–Trinajstić information content (AvgIpc) is 3.20. The number of aromatic nitrogens is 1. The van der Waals surface area contributed by atoms with Crippen LogP contribution in [0, 0.1) is 0 Å². The van der Waals surface area contributed by atoms with Gasteiger partial charge in [0, 0.05) is 11.1 Å². The van der Waals surface area contributed by atoms with Gasteiger partial charge in [-0.1, -0.05) is 78.9 Å². The molecule has 0 fully saturated rings. The number of carbonyl (C=O) groups excluding carboxylic acids is 1. The predicted molar refractivity (Wildman–Crippen MR) is 111 cm³/mol. The number of benzene rings is 3. The number of rotatable bonds is 5. The minimum Gasteiger partial charge on any atom is -0.298 e. The standard InChI is InChI=1S/C22H17N3OS/c26-21(25-24-18-14-8-3-9-15-18)20-19(16-10-4-1-5-11-16)23-22(27-20)17-12-6-2-7-13-17/h1-15,24H,(H,25,26). The van der Waals surface area contributed by atoms with Crippen molar-refractivity contribution >= 4 is 22.9 Å². The Morgan fingerprint density at radius 3 is 1.93 bits per heavy atom. The summed E-state index contributed by atoms with van der Waals surface area (Å²) in [5, 5.41) is 0.819. The summed E-state index contributed by atoms with van der Waals surface area (Å²) in [6.45, 7) is 0. The molecule has 4 nitrogen and oxygen atoms in total. The molecular formula is C22H17N3OS. The molecule has 0 saturated carbocycles. The lowest BCUT2D eigenvalue weighted by molar-refractivity contribution is 0.0967. The molecule has 27 heavy (non-hydrogen) atoms. The van der Waals surface area contributed by atoms with E-state index in [0.29, 0.717) is 10.6 Å². The Kier molecular flexibility index (Phi) is 4.94. The SMILES string of the molecule is O=C(NNc1ccccc1)c1sc(-c2ccccc2)nc1-c1ccccc1. The molecule has 5 heteroatoms. The fraction of sp³-hybridized carbons (Fsp3) is 0. The largest absolute Gasteiger partial charge is 0.298 e. The van der Waals surface area contributed by atoms with E-state index in [4.69, 9.17) is 4.98 Å². The van der Waals surface area contributed by atoms with Gasteiger partial charge in [0.15, 0.2) is 0 Å². The molecular weight excluding hydrogens is 354 g/mol. The minimum absolute atomic E-state index is 0.211. The highest BCUT2D eigenvalue weighted by Gasteiger charge is 2.20. The molecule has 0 atom stereocenters. The monoisotopic (exact) mass is 371 g/mol. The van der Waals surface area contributed by atoms with Gasteiger partial charge in [0.1, 0.15) is 9.88 Å². The maximum absolute atomic E-state index is 12.9. The molecule has 0 aliphatic rings. The number of hydrazine groups is 1. The van der Waals surface area contributed by atoms with Crippen molar-refractivity contribution in [1.82, 2.24) is 10.4 Å². The van der Waals surface area contributed by atoms with Crippen molar-refractivity contribution in [2.45, 2.75) is 0 Å². The number of para-hydroxylation sites is 1. The number of thiazole rings is 1. The molecule has 3 aromatic carbocycles. The van der Waals surface area contributed by atoms with Crippen LogP contribution in [0.5, 0.6) is 0 Å². The van der Waals surface area contributed by atoms with E-state index in [1.807, 2.05) is 91.0 Å². The lowest BCUT2D eigenvalue weighted by Gasteiger charge is -2.08. The molecule has 1 heterocycles. The van der Waals surface area contributed by atoms with Gasteiger partial charge in [-0.25, -0.2) is 4.98 Å². The molecule has 1 aromatic heterocycles. The van der Waals surface area contributed by atoms with E-state index in [1.165, 1.54) is 11.3 Å². The zero-order valence-electron chi connectivity index (χ0n) is 14.4. The van der Waals surface area contributed by atoms with Crippen molar-refractivity contribution < 1.29 is 4.79 Å². The zero-order valence-corrected chi connectivity index (χ0v) is 15.2. The Labute approximate surface area is 161 Å². The molecule has 0 aliphatic carbocycles. The second-order valence-electron chi connectivity index (χ2n) is 5.87. The van der Waals surface area contributed by atoms with Crippen molar-refractivity contribution in [3.8, 4) is 21.8 Å². The van der Waals surface area contributed by atoms with Crippen molar-refractivity contribution in [2.75, 3.05) is 5.43 Å². The topological polar surface area (TPSA) is 54.0 Å². The van der Waals surface area contributed by atoms with E-state index < -0.39 is 0 Å². The summed E-state index contributed by atoms with van der Waals surface area (Å²) in [5.41, 5.74) is 9.14. The first-order valence-electron chi connectivity index (χ1n) is 8.54. The van der Waals surface area contributed by atoms with Crippen LogP contribution in [0.2, 0.25) is 0 Å². The van der Waals surface area contributed by atoms with Gasteiger partial charge in [-0.3, -0.25) is 15.6 Å². The van der Waals surface area contributed by atoms with Gasteiger partial charge < -0.3 is 0 Å². The highest BCUT2D eigenvalue weighted by Crippen LogP contribution is 2.33. The summed E-state index contributed by atoms with van der Waals surface area (Å²) in [4.78, 5) is 18.2. The molecule has 132 valence electrons. The molecule has 0 aliphatic heterocycles. The molecule has 1 amide bonds. The van der Waals surface area contributed by atoms with Crippen LogP contribution in [0.25, 0.3) is 21.8 Å². The third-order valence-electron chi connectivity index (χ3n) is 4.00. The normalized spacial score (nSPS) is 10.4. The molecule has 0 spiro atoms. The number of nitrogens with zero attached hydrogens (tertiary/aromatic N) is 1. The van der Waals surface area contributed by atoms with Crippen LogP contribution in [0.4, 0.5) is 5.69 Å². The maximum atomic E-state index is 12.9. The van der Waals surface area contributed by atoms with Crippen molar-refractivity contribution in [3.05, 3.63) is 95.9 Å². The maximum Gasteiger partial charge on any atom is 0.281 e. The van der Waals surface area contributed by atoms with E-state index in [9.17, 15) is 4.79 Å². The van der Waals surface area contributed by atoms with E-state index >= 15 is 0 Å². The Bertz CT molecular complexity index is 1030. The summed E-state index contributed by atoms with van der Waals surface area (Å²) >= 11 is 1.39. The minimum atomic E-state index is -0.211. The number of carbonyl (C=O) groups is 1. The van der Waals surface area contributed by atoms with E-state index in [1.54, 1.807) is 0 Å². The van der Waals surface area contributed by atoms with Crippen LogP contribution in [-0.4, -0.2) is 10.9 Å². The summed E-state index contributed by atoms with van der Waals surface area (Å²) in [7, 11) is 0. The smallest absolute Gasteiger partial charge is 0.281 e. The summed E-state index contributed by atoms with van der Waals surface area (Å²) in [6.07, 6.45) is 0. The second kappa shape index (κ2) is 7.85. The van der Waals surface area contributed by atoms with E-state index in [0.717, 1.165) is 21.8 Å². The lowest BCUT2D eigenvalue weighted by Crippen LogP contribution is -2.29. The first-order chi connectivity index (χ1) is 13.3. The van der Waals surface area contributed by atoms with Gasteiger partial charge in [-0.15, -0.1) is 11.3 Å². The van der Waals surface area contributed by atoms with Gasteiger partial charge in [-0.2, -0.15) is 0 Å². The fourth-order valence-electron chi connectivity index (χ4n) is 2.68. The molecule has 2 N–H and O–H groups in total. The summed E-state index contributed by atoms with van der Waals surface area (Å²) < 4.78 is 0. The van der Waals surface area contributed by atoms with Crippen molar-refractivity contribution in [1.29, 1.82) is 0 Å². The van der Waals surface area contributed by atoms with E-state index in [2.05, 4.69) is 10.9 Å². The number of hydrogen-bond acceptors (Lipinski definition) is 4. The van der Waals surface area contributed by atoms with E-state index in [-0.39, 0.29) is 5.91 Å². The first-order valence-corrected chi connectivity index (χ1v) is 9.36.